The van der Waals surface area contributed by atoms with Gasteiger partial charge in [0.25, 0.3) is 20.2 Å². The second-order valence-electron chi connectivity index (χ2n) is 8.04. The third kappa shape index (κ3) is 5.83. The molecule has 0 N–H and O–H groups in total. The molecule has 2 aliphatic heterocycles. The lowest BCUT2D eigenvalue weighted by atomic mass is 10.0. The number of hydrogen-bond donors (Lipinski definition) is 0. The van der Waals surface area contributed by atoms with Crippen LogP contribution in [0.5, 0.6) is 0 Å². The zero-order valence-corrected chi connectivity index (χ0v) is 20.3. The molecule has 0 aliphatic carbocycles. The van der Waals surface area contributed by atoms with Crippen molar-refractivity contribution in [2.45, 2.75) is 48.1 Å². The summed E-state index contributed by atoms with van der Waals surface area (Å²) in [7, 11) is -8.31. The Hall–Kier alpha value is -1.90. The van der Waals surface area contributed by atoms with E-state index in [1.165, 1.54) is 24.3 Å². The van der Waals surface area contributed by atoms with Crippen LogP contribution < -0.4 is 0 Å². The summed E-state index contributed by atoms with van der Waals surface area (Å²) in [4.78, 5) is -0.0462. The third-order valence-electron chi connectivity index (χ3n) is 5.43. The van der Waals surface area contributed by atoms with Gasteiger partial charge >= 0.3 is 0 Å². The normalized spacial score (nSPS) is 26.3. The van der Waals surface area contributed by atoms with Gasteiger partial charge in [-0.3, -0.25) is 8.37 Å². The molecule has 10 nitrogen and oxygen atoms in total. The highest BCUT2D eigenvalue weighted by atomic mass is 32.2. The first kappa shape index (κ1) is 25.2. The molecule has 0 radical (unpaired) electrons. The van der Waals surface area contributed by atoms with Gasteiger partial charge in [0, 0.05) is 0 Å². The lowest BCUT2D eigenvalue weighted by Crippen LogP contribution is -2.57. The Morgan fingerprint density at radius 2 is 1.00 bits per heavy atom. The fourth-order valence-corrected chi connectivity index (χ4v) is 5.75. The van der Waals surface area contributed by atoms with E-state index >= 15 is 0 Å². The number of hydrogen-bond acceptors (Lipinski definition) is 10. The van der Waals surface area contributed by atoms with Crippen LogP contribution in [0.25, 0.3) is 0 Å². The van der Waals surface area contributed by atoms with Crippen LogP contribution in [-0.4, -0.2) is 68.1 Å². The van der Waals surface area contributed by atoms with Gasteiger partial charge in [-0.1, -0.05) is 35.4 Å². The van der Waals surface area contributed by atoms with Gasteiger partial charge in [0.2, 0.25) is 0 Å². The summed E-state index contributed by atoms with van der Waals surface area (Å²) >= 11 is 0. The molecule has 0 amide bonds. The smallest absolute Gasteiger partial charge is 0.297 e. The minimum Gasteiger partial charge on any atom is -0.353 e. The summed E-state index contributed by atoms with van der Waals surface area (Å²) in [5, 5.41) is 0. The van der Waals surface area contributed by atoms with Gasteiger partial charge in [-0.05, 0) is 38.1 Å². The van der Waals surface area contributed by atoms with Gasteiger partial charge in [0.15, 0.2) is 0 Å². The molecular formula is C22H26O10S2. The summed E-state index contributed by atoms with van der Waals surface area (Å²) in [5.41, 5.74) is 1.79. The van der Waals surface area contributed by atoms with Gasteiger partial charge in [-0.2, -0.15) is 16.8 Å². The van der Waals surface area contributed by atoms with Crippen molar-refractivity contribution in [2.24, 2.45) is 0 Å². The van der Waals surface area contributed by atoms with Crippen LogP contribution in [0.2, 0.25) is 0 Å². The number of rotatable bonds is 7. The van der Waals surface area contributed by atoms with Gasteiger partial charge < -0.3 is 18.9 Å². The van der Waals surface area contributed by atoms with Crippen LogP contribution in [0.15, 0.2) is 58.3 Å². The van der Waals surface area contributed by atoms with Crippen LogP contribution in [-0.2, 0) is 47.5 Å². The van der Waals surface area contributed by atoms with E-state index in [2.05, 4.69) is 0 Å². The summed E-state index contributed by atoms with van der Waals surface area (Å²) in [5.74, 6) is 0. The van der Waals surface area contributed by atoms with Gasteiger partial charge in [0.1, 0.15) is 38.0 Å². The maximum absolute atomic E-state index is 12.8. The Morgan fingerprint density at radius 1 is 0.647 bits per heavy atom. The van der Waals surface area contributed by atoms with E-state index in [4.69, 9.17) is 27.3 Å². The highest BCUT2D eigenvalue weighted by Crippen LogP contribution is 2.28. The quantitative estimate of drug-likeness (QED) is 0.506. The highest BCUT2D eigenvalue weighted by Gasteiger charge is 2.45. The van der Waals surface area contributed by atoms with E-state index in [9.17, 15) is 16.8 Å². The zero-order chi connectivity index (χ0) is 24.3. The van der Waals surface area contributed by atoms with Gasteiger partial charge in [0.05, 0.1) is 23.0 Å². The Kier molecular flexibility index (Phi) is 7.69. The lowest BCUT2D eigenvalue weighted by Gasteiger charge is -2.40. The fourth-order valence-electron chi connectivity index (χ4n) is 3.61. The van der Waals surface area contributed by atoms with Crippen molar-refractivity contribution in [3.05, 3.63) is 59.7 Å². The van der Waals surface area contributed by atoms with Crippen molar-refractivity contribution in [1.82, 2.24) is 0 Å². The number of benzene rings is 2. The summed E-state index contributed by atoms with van der Waals surface area (Å²) < 4.78 is 84.0. The SMILES string of the molecule is Cc1ccc(S(=O)(=O)O[C@H]2COCO[C@H]2[C@H]2OCOC[C@H]2OS(=O)(=O)c2ccc(C)cc2)cc1. The summed E-state index contributed by atoms with van der Waals surface area (Å²) in [6.45, 7) is 3.18. The predicted octanol–water partition coefficient (Wildman–Crippen LogP) is 1.90. The lowest BCUT2D eigenvalue weighted by molar-refractivity contribution is -0.269. The van der Waals surface area contributed by atoms with Crippen molar-refractivity contribution >= 4 is 20.2 Å². The third-order valence-corrected chi connectivity index (χ3v) is 8.13. The predicted molar refractivity (Wildman–Crippen MR) is 118 cm³/mol. The van der Waals surface area contributed by atoms with E-state index in [-0.39, 0.29) is 36.6 Å². The highest BCUT2D eigenvalue weighted by molar-refractivity contribution is 7.87. The molecule has 2 aliphatic rings. The molecule has 0 bridgehead atoms. The standard InChI is InChI=1S/C22H26O10S2/c1-15-3-7-17(8-4-15)33(23,24)31-19-11-27-13-29-21(19)22-20(12-28-14-30-22)32-34(25,26)18-9-5-16(2)6-10-18/h3-10,19-22H,11-14H2,1-2H3/t19-,20+,21+,22-. The Bertz CT molecular complexity index is 1080. The van der Waals surface area contributed by atoms with Crippen LogP contribution in [0, 0.1) is 13.8 Å². The van der Waals surface area contributed by atoms with Crippen molar-refractivity contribution in [3.8, 4) is 0 Å². The fraction of sp³-hybridized carbons (Fsp3) is 0.455. The first-order valence-corrected chi connectivity index (χ1v) is 13.4. The Labute approximate surface area is 198 Å². The molecule has 4 rings (SSSR count). The Balaban J connectivity index is 1.54. The second kappa shape index (κ2) is 10.4. The molecule has 2 aromatic rings. The van der Waals surface area contributed by atoms with Crippen LogP contribution in [0.1, 0.15) is 11.1 Å². The molecule has 4 atom stereocenters. The maximum Gasteiger partial charge on any atom is 0.297 e. The molecule has 2 saturated heterocycles. The topological polar surface area (TPSA) is 124 Å². The zero-order valence-electron chi connectivity index (χ0n) is 18.7. The van der Waals surface area contributed by atoms with Crippen molar-refractivity contribution in [1.29, 1.82) is 0 Å². The Morgan fingerprint density at radius 3 is 1.35 bits per heavy atom. The monoisotopic (exact) mass is 514 g/mol. The molecule has 0 unspecified atom stereocenters. The first-order chi connectivity index (χ1) is 16.2. The van der Waals surface area contributed by atoms with Crippen LogP contribution in [0.3, 0.4) is 0 Å². The van der Waals surface area contributed by atoms with E-state index in [1.54, 1.807) is 24.3 Å². The number of ether oxygens (including phenoxy) is 4. The van der Waals surface area contributed by atoms with Crippen molar-refractivity contribution in [2.75, 3.05) is 26.8 Å². The molecule has 0 aromatic heterocycles. The summed E-state index contributed by atoms with van der Waals surface area (Å²) in [6, 6.07) is 12.4. The van der Waals surface area contributed by atoms with Crippen molar-refractivity contribution in [3.63, 3.8) is 0 Å². The molecule has 12 heteroatoms. The maximum atomic E-state index is 12.8. The van der Waals surface area contributed by atoms with Crippen molar-refractivity contribution < 1.29 is 44.1 Å². The van der Waals surface area contributed by atoms with E-state index in [0.29, 0.717) is 0 Å². The minimum atomic E-state index is -4.15. The largest absolute Gasteiger partial charge is 0.353 e. The molecule has 186 valence electrons. The molecule has 2 heterocycles. The minimum absolute atomic E-state index is 0.0231. The van der Waals surface area contributed by atoms with E-state index < -0.39 is 44.7 Å². The van der Waals surface area contributed by atoms with E-state index in [0.717, 1.165) is 11.1 Å². The molecule has 34 heavy (non-hydrogen) atoms. The molecule has 0 spiro atoms. The second-order valence-corrected chi connectivity index (χ2v) is 11.2. The molecule has 0 saturated carbocycles. The number of aryl methyl sites for hydroxylation is 2. The first-order valence-electron chi connectivity index (χ1n) is 10.5. The van der Waals surface area contributed by atoms with Gasteiger partial charge in [-0.25, -0.2) is 0 Å². The summed E-state index contributed by atoms with van der Waals surface area (Å²) in [6.07, 6.45) is -4.18. The van der Waals surface area contributed by atoms with Crippen LogP contribution >= 0.6 is 0 Å². The molecule has 2 aromatic carbocycles. The molecular weight excluding hydrogens is 488 g/mol. The molecule has 2 fully saturated rings. The average Bonchev–Trinajstić information content (AvgIpc) is 2.80. The average molecular weight is 515 g/mol. The van der Waals surface area contributed by atoms with E-state index in [1.807, 2.05) is 13.8 Å². The van der Waals surface area contributed by atoms with Gasteiger partial charge in [-0.15, -0.1) is 0 Å². The van der Waals surface area contributed by atoms with Crippen LogP contribution in [0.4, 0.5) is 0 Å².